The van der Waals surface area contributed by atoms with Crippen LogP contribution in [0.5, 0.6) is 0 Å². The van der Waals surface area contributed by atoms with E-state index in [4.69, 9.17) is 7.85 Å². The quantitative estimate of drug-likeness (QED) is 0.145. The van der Waals surface area contributed by atoms with Crippen LogP contribution in [0.3, 0.4) is 0 Å². The molecule has 0 heterocycles. The zero-order valence-corrected chi connectivity index (χ0v) is 16.4. The van der Waals surface area contributed by atoms with Crippen molar-refractivity contribution in [3.8, 4) is 11.8 Å². The molecule has 1 atom stereocenters. The first-order chi connectivity index (χ1) is 11.1. The molecular weight excluding hydrogens is 297 g/mol. The minimum atomic E-state index is -0.296. The summed E-state index contributed by atoms with van der Waals surface area (Å²) in [6.45, 7) is 5.24. The van der Waals surface area contributed by atoms with E-state index >= 15 is 0 Å². The van der Waals surface area contributed by atoms with Crippen LogP contribution in [0.2, 0.25) is 0 Å². The van der Waals surface area contributed by atoms with Crippen LogP contribution in [0.25, 0.3) is 0 Å². The highest BCUT2D eigenvalue weighted by molar-refractivity contribution is 8.01. The van der Waals surface area contributed by atoms with Crippen LogP contribution >= 0.6 is 11.8 Å². The maximum absolute atomic E-state index is 6.00. The normalized spacial score (nSPS) is 13.7. The Morgan fingerprint density at radius 3 is 2.35 bits per heavy atom. The molecule has 0 bridgehead atoms. The minimum absolute atomic E-state index is 0.296. The summed E-state index contributed by atoms with van der Waals surface area (Å²) in [6, 6.07) is 0. The molecule has 23 heavy (non-hydrogen) atoms. The van der Waals surface area contributed by atoms with Gasteiger partial charge >= 0.3 is 0 Å². The Kier molecular flexibility index (Phi) is 16.3. The predicted molar refractivity (Wildman–Crippen MR) is 109 cm³/mol. The molecule has 0 saturated heterocycles. The van der Waals surface area contributed by atoms with Gasteiger partial charge in [-0.2, -0.15) is 11.8 Å². The van der Waals surface area contributed by atoms with Crippen LogP contribution in [0.4, 0.5) is 0 Å². The Labute approximate surface area is 151 Å². The molecule has 0 aromatic heterocycles. The van der Waals surface area contributed by atoms with Gasteiger partial charge in [0.2, 0.25) is 0 Å². The zero-order valence-electron chi connectivity index (χ0n) is 15.6. The maximum Gasteiger partial charge on any atom is 0.110 e. The number of hydrogen-bond donors (Lipinski definition) is 1. The fraction of sp³-hybridized carbons (Fsp3) is 0.800. The topological polar surface area (TPSA) is 12.0 Å². The van der Waals surface area contributed by atoms with Gasteiger partial charge < -0.3 is 5.32 Å². The summed E-state index contributed by atoms with van der Waals surface area (Å²) < 4.78 is -0.296. The summed E-state index contributed by atoms with van der Waals surface area (Å²) in [6.07, 6.45) is 20.1. The van der Waals surface area contributed by atoms with Crippen LogP contribution in [0.1, 0.15) is 84.5 Å². The van der Waals surface area contributed by atoms with E-state index in [1.807, 2.05) is 13.2 Å². The van der Waals surface area contributed by atoms with Gasteiger partial charge in [-0.3, -0.25) is 0 Å². The van der Waals surface area contributed by atoms with Crippen molar-refractivity contribution >= 4 is 19.6 Å². The van der Waals surface area contributed by atoms with Gasteiger partial charge in [0, 0.05) is 17.6 Å². The van der Waals surface area contributed by atoms with Gasteiger partial charge in [-0.15, -0.1) is 11.8 Å². The van der Waals surface area contributed by atoms with E-state index in [-0.39, 0.29) is 4.77 Å². The predicted octanol–water partition coefficient (Wildman–Crippen LogP) is 5.65. The van der Waals surface area contributed by atoms with Gasteiger partial charge in [0.1, 0.15) is 7.85 Å². The fourth-order valence-electron chi connectivity index (χ4n) is 2.19. The molecule has 3 heteroatoms. The van der Waals surface area contributed by atoms with Gasteiger partial charge in [-0.05, 0) is 45.4 Å². The second kappa shape index (κ2) is 16.5. The SMILES string of the molecule is [B]C(C)(NCCCC=CCCC#CCCCCCCCC)SC. The fourth-order valence-corrected chi connectivity index (χ4v) is 2.44. The highest BCUT2D eigenvalue weighted by atomic mass is 32.2. The average Bonchev–Trinajstić information content (AvgIpc) is 2.54. The molecule has 0 aliphatic carbocycles. The molecule has 0 amide bonds. The van der Waals surface area contributed by atoms with Crippen LogP contribution in [-0.2, 0) is 0 Å². The van der Waals surface area contributed by atoms with E-state index in [2.05, 4.69) is 36.2 Å². The summed E-state index contributed by atoms with van der Waals surface area (Å²) in [4.78, 5) is 0. The molecule has 0 aromatic rings. The Morgan fingerprint density at radius 1 is 0.957 bits per heavy atom. The Morgan fingerprint density at radius 2 is 1.61 bits per heavy atom. The lowest BCUT2D eigenvalue weighted by Crippen LogP contribution is -2.39. The standard InChI is InChI=1S/C20H36BNS/c1-4-5-6-7-8-9-10-11-12-13-14-15-16-17-18-19-22-20(2,21)23-3/h15-16,22H,4-10,13-14,17-19H2,1-3H3. The molecule has 1 unspecified atom stereocenters. The highest BCUT2D eigenvalue weighted by Crippen LogP contribution is 2.13. The van der Waals surface area contributed by atoms with E-state index in [0.29, 0.717) is 0 Å². The monoisotopic (exact) mass is 333 g/mol. The zero-order chi connectivity index (χ0) is 17.2. The summed E-state index contributed by atoms with van der Waals surface area (Å²) in [5, 5.41) is 3.34. The van der Waals surface area contributed by atoms with Crippen molar-refractivity contribution in [3.63, 3.8) is 0 Å². The van der Waals surface area contributed by atoms with Crippen LogP contribution in [0.15, 0.2) is 12.2 Å². The number of thioether (sulfide) groups is 1. The summed E-state index contributed by atoms with van der Waals surface area (Å²) in [5.41, 5.74) is 0. The van der Waals surface area contributed by atoms with Crippen molar-refractivity contribution in [3.05, 3.63) is 12.2 Å². The minimum Gasteiger partial charge on any atom is -0.311 e. The van der Waals surface area contributed by atoms with E-state index in [1.54, 1.807) is 11.8 Å². The first-order valence-electron chi connectivity index (χ1n) is 9.32. The van der Waals surface area contributed by atoms with Crippen LogP contribution in [-0.4, -0.2) is 25.4 Å². The third-order valence-electron chi connectivity index (χ3n) is 3.83. The Bertz CT molecular complexity index is 341. The van der Waals surface area contributed by atoms with Gasteiger partial charge in [0.25, 0.3) is 0 Å². The van der Waals surface area contributed by atoms with Crippen molar-refractivity contribution in [2.45, 2.75) is 89.2 Å². The lowest BCUT2D eigenvalue weighted by molar-refractivity contribution is 0.613. The number of allylic oxidation sites excluding steroid dienone is 2. The van der Waals surface area contributed by atoms with Crippen molar-refractivity contribution in [2.75, 3.05) is 12.8 Å². The molecular formula is C20H36BNS. The molecule has 130 valence electrons. The van der Waals surface area contributed by atoms with Crippen LogP contribution < -0.4 is 5.32 Å². The molecule has 0 fully saturated rings. The van der Waals surface area contributed by atoms with E-state index < -0.39 is 0 Å². The third-order valence-corrected chi connectivity index (χ3v) is 4.82. The third kappa shape index (κ3) is 17.9. The van der Waals surface area contributed by atoms with Crippen molar-refractivity contribution in [1.82, 2.24) is 5.32 Å². The number of hydrogen-bond acceptors (Lipinski definition) is 2. The number of rotatable bonds is 14. The first kappa shape index (κ1) is 22.7. The van der Waals surface area contributed by atoms with E-state index in [9.17, 15) is 0 Å². The molecule has 0 saturated carbocycles. The first-order valence-corrected chi connectivity index (χ1v) is 10.5. The molecule has 0 aromatic carbocycles. The molecule has 0 rings (SSSR count). The molecule has 0 spiro atoms. The second-order valence-corrected chi connectivity index (χ2v) is 7.52. The lowest BCUT2D eigenvalue weighted by Gasteiger charge is -2.24. The van der Waals surface area contributed by atoms with E-state index in [1.165, 1.54) is 38.5 Å². The summed E-state index contributed by atoms with van der Waals surface area (Å²) in [7, 11) is 6.00. The van der Waals surface area contributed by atoms with Gasteiger partial charge in [-0.25, -0.2) is 0 Å². The van der Waals surface area contributed by atoms with E-state index in [0.717, 1.165) is 38.6 Å². The lowest BCUT2D eigenvalue weighted by atomic mass is 9.97. The van der Waals surface area contributed by atoms with Crippen molar-refractivity contribution in [1.29, 1.82) is 0 Å². The molecule has 0 aliphatic heterocycles. The summed E-state index contributed by atoms with van der Waals surface area (Å²) in [5.74, 6) is 6.58. The number of nitrogens with one attached hydrogen (secondary N) is 1. The smallest absolute Gasteiger partial charge is 0.110 e. The number of unbranched alkanes of at least 4 members (excludes halogenated alkanes) is 8. The van der Waals surface area contributed by atoms with Gasteiger partial charge in [0.15, 0.2) is 0 Å². The molecule has 2 radical (unpaired) electrons. The van der Waals surface area contributed by atoms with Gasteiger partial charge in [0.05, 0.1) is 0 Å². The van der Waals surface area contributed by atoms with Crippen molar-refractivity contribution < 1.29 is 0 Å². The highest BCUT2D eigenvalue weighted by Gasteiger charge is 2.12. The van der Waals surface area contributed by atoms with Gasteiger partial charge in [-0.1, -0.05) is 51.2 Å². The Balaban J connectivity index is 3.33. The summed E-state index contributed by atoms with van der Waals surface area (Å²) >= 11 is 1.65. The molecule has 1 nitrogen and oxygen atoms in total. The maximum atomic E-state index is 6.00. The molecule has 0 aliphatic rings. The average molecular weight is 333 g/mol. The van der Waals surface area contributed by atoms with Crippen molar-refractivity contribution in [2.24, 2.45) is 0 Å². The van der Waals surface area contributed by atoms with Crippen LogP contribution in [0, 0.1) is 11.8 Å². The Hall–Kier alpha value is -0.325. The molecule has 1 N–H and O–H groups in total. The largest absolute Gasteiger partial charge is 0.311 e. The second-order valence-electron chi connectivity index (χ2n) is 6.26.